The van der Waals surface area contributed by atoms with E-state index >= 15 is 0 Å². The van der Waals surface area contributed by atoms with Gasteiger partial charge in [0.2, 0.25) is 6.41 Å². The molecule has 0 radical (unpaired) electrons. The maximum absolute atomic E-state index is 14.9. The zero-order valence-corrected chi connectivity index (χ0v) is 29.9. The van der Waals surface area contributed by atoms with E-state index in [0.717, 1.165) is 54.4 Å². The zero-order chi connectivity index (χ0) is 37.4. The molecule has 0 bridgehead atoms. The third-order valence-electron chi connectivity index (χ3n) is 10.00. The monoisotopic (exact) mass is 732 g/mol. The summed E-state index contributed by atoms with van der Waals surface area (Å²) in [4.78, 5) is 32.6. The van der Waals surface area contributed by atoms with Gasteiger partial charge in [-0.1, -0.05) is 13.0 Å². The van der Waals surface area contributed by atoms with Crippen LogP contribution in [-0.2, 0) is 21.7 Å². The molecule has 2 fully saturated rings. The van der Waals surface area contributed by atoms with Crippen LogP contribution >= 0.6 is 0 Å². The number of hydrogen-bond acceptors (Lipinski definition) is 9. The molecule has 3 heterocycles. The summed E-state index contributed by atoms with van der Waals surface area (Å²) in [5.41, 5.74) is 4.43. The number of aromatic nitrogens is 3. The second-order valence-corrected chi connectivity index (χ2v) is 13.5. The van der Waals surface area contributed by atoms with Crippen LogP contribution in [0.5, 0.6) is 5.75 Å². The normalized spacial score (nSPS) is 19.8. The van der Waals surface area contributed by atoms with Crippen molar-refractivity contribution in [1.29, 1.82) is 0 Å². The standard InChI is InChI=1S/C38H46F2N8O5/c1-3-36(27(2)50)48(43-26-49)37(51)44-30-5-7-31(8-6-30)45-15-17-46(18-16-45)32-9-11-33(12-10-32)52-19-14-28-21-38(53-22-28,23-47-25-41-24-42-47)34-13-4-29(39)20-35(34)40/h4-13,20,24-28,36,50H,3,14-19,21-23H2,1-2H3,(H,43,49)(H,44,51)/t27?,28-,36-,38-/m0/s1. The van der Waals surface area contributed by atoms with Crippen molar-refractivity contribution < 1.29 is 33.0 Å². The lowest BCUT2D eigenvalue weighted by Gasteiger charge is -2.37. The van der Waals surface area contributed by atoms with E-state index in [4.69, 9.17) is 9.47 Å². The fourth-order valence-corrected chi connectivity index (χ4v) is 7.22. The van der Waals surface area contributed by atoms with Crippen molar-refractivity contribution in [1.82, 2.24) is 25.2 Å². The first-order chi connectivity index (χ1) is 25.7. The summed E-state index contributed by atoms with van der Waals surface area (Å²) in [6, 6.07) is 18.1. The molecule has 2 aliphatic rings. The molecule has 2 aliphatic heterocycles. The van der Waals surface area contributed by atoms with Gasteiger partial charge >= 0.3 is 6.03 Å². The highest BCUT2D eigenvalue weighted by atomic mass is 19.1. The molecule has 2 saturated heterocycles. The second kappa shape index (κ2) is 17.0. The Labute approximate surface area is 307 Å². The molecule has 53 heavy (non-hydrogen) atoms. The number of carbonyl (C=O) groups excluding carboxylic acids is 2. The third kappa shape index (κ3) is 9.03. The highest BCUT2D eigenvalue weighted by molar-refractivity contribution is 5.90. The molecule has 1 unspecified atom stereocenters. The Bertz CT molecular complexity index is 1790. The van der Waals surface area contributed by atoms with Crippen molar-refractivity contribution in [3.63, 3.8) is 0 Å². The lowest BCUT2D eigenvalue weighted by Crippen LogP contribution is -2.54. The highest BCUT2D eigenvalue weighted by Crippen LogP contribution is 2.43. The largest absolute Gasteiger partial charge is 0.494 e. The average Bonchev–Trinajstić information content (AvgIpc) is 3.82. The number of ether oxygens (including phenoxy) is 2. The number of halogens is 2. The molecule has 0 saturated carbocycles. The molecule has 15 heteroatoms. The Hall–Kier alpha value is -5.28. The molecule has 4 aromatic rings. The smallest absolute Gasteiger partial charge is 0.340 e. The first kappa shape index (κ1) is 37.5. The maximum Gasteiger partial charge on any atom is 0.340 e. The molecule has 0 aliphatic carbocycles. The molecule has 4 atom stereocenters. The van der Waals surface area contributed by atoms with E-state index in [-0.39, 0.29) is 12.5 Å². The van der Waals surface area contributed by atoms with E-state index in [1.165, 1.54) is 18.5 Å². The van der Waals surface area contributed by atoms with Crippen LogP contribution in [-0.4, -0.2) is 88.9 Å². The van der Waals surface area contributed by atoms with Gasteiger partial charge in [0.1, 0.15) is 35.6 Å². The molecule has 1 aromatic heterocycles. The summed E-state index contributed by atoms with van der Waals surface area (Å²) in [6.45, 7) is 7.85. The van der Waals surface area contributed by atoms with Crippen LogP contribution < -0.4 is 25.3 Å². The van der Waals surface area contributed by atoms with Gasteiger partial charge in [0.05, 0.1) is 31.9 Å². The number of rotatable bonds is 15. The number of carbonyl (C=O) groups is 2. The van der Waals surface area contributed by atoms with Crippen molar-refractivity contribution >= 4 is 29.5 Å². The second-order valence-electron chi connectivity index (χ2n) is 13.5. The summed E-state index contributed by atoms with van der Waals surface area (Å²) in [5.74, 6) is -0.402. The van der Waals surface area contributed by atoms with Crippen LogP contribution in [0.3, 0.4) is 0 Å². The Morgan fingerprint density at radius 3 is 2.34 bits per heavy atom. The van der Waals surface area contributed by atoms with Crippen molar-refractivity contribution in [2.24, 2.45) is 5.92 Å². The number of anilines is 3. The number of nitrogens with one attached hydrogen (secondary N) is 2. The minimum Gasteiger partial charge on any atom is -0.494 e. The number of aliphatic hydroxyl groups is 1. The van der Waals surface area contributed by atoms with Crippen LogP contribution in [0.1, 0.15) is 38.7 Å². The van der Waals surface area contributed by atoms with Gasteiger partial charge in [0.15, 0.2) is 0 Å². The number of piperazine rings is 1. The third-order valence-corrected chi connectivity index (χ3v) is 10.00. The number of benzene rings is 3. The Morgan fingerprint density at radius 1 is 1.08 bits per heavy atom. The van der Waals surface area contributed by atoms with Gasteiger partial charge in [-0.3, -0.25) is 10.2 Å². The first-order valence-electron chi connectivity index (χ1n) is 17.9. The lowest BCUT2D eigenvalue weighted by molar-refractivity contribution is -0.114. The molecule has 282 valence electrons. The molecular formula is C38H46F2N8O5. The first-order valence-corrected chi connectivity index (χ1v) is 17.9. The van der Waals surface area contributed by atoms with Crippen molar-refractivity contribution in [2.45, 2.75) is 57.4 Å². The summed E-state index contributed by atoms with van der Waals surface area (Å²) < 4.78 is 42.6. The van der Waals surface area contributed by atoms with Gasteiger partial charge in [-0.05, 0) is 86.7 Å². The van der Waals surface area contributed by atoms with E-state index in [0.29, 0.717) is 50.1 Å². The highest BCUT2D eigenvalue weighted by Gasteiger charge is 2.44. The van der Waals surface area contributed by atoms with E-state index in [1.807, 2.05) is 43.3 Å². The number of aliphatic hydroxyl groups excluding tert-OH is 1. The summed E-state index contributed by atoms with van der Waals surface area (Å²) in [5, 5.41) is 18.1. The van der Waals surface area contributed by atoms with Crippen molar-refractivity contribution in [3.8, 4) is 5.75 Å². The molecular weight excluding hydrogens is 686 g/mol. The number of urea groups is 1. The van der Waals surface area contributed by atoms with Crippen molar-refractivity contribution in [2.75, 3.05) is 54.5 Å². The quantitative estimate of drug-likeness (QED) is 0.115. The summed E-state index contributed by atoms with van der Waals surface area (Å²) >= 11 is 0. The molecule has 6 rings (SSSR count). The number of hydrazine groups is 1. The number of amides is 3. The molecule has 3 aromatic carbocycles. The SMILES string of the molecule is CC[C@@H](C(C)O)N(NC=O)C(=O)Nc1ccc(N2CCN(c3ccc(OCC[C@@H]4CO[C@@](Cn5cncn5)(c5ccc(F)cc5F)C4)cc3)CC2)cc1. The molecule has 3 amide bonds. The Balaban J connectivity index is 0.964. The van der Waals surface area contributed by atoms with Crippen LogP contribution in [0.25, 0.3) is 0 Å². The molecule has 3 N–H and O–H groups in total. The predicted octanol–water partition coefficient (Wildman–Crippen LogP) is 4.94. The average molecular weight is 733 g/mol. The molecule has 13 nitrogen and oxygen atoms in total. The number of hydrogen-bond donors (Lipinski definition) is 3. The van der Waals surface area contributed by atoms with Crippen LogP contribution in [0.4, 0.5) is 30.6 Å². The van der Waals surface area contributed by atoms with Gasteiger partial charge in [0.25, 0.3) is 0 Å². The Kier molecular flexibility index (Phi) is 12.0. The summed E-state index contributed by atoms with van der Waals surface area (Å²) in [7, 11) is 0. The summed E-state index contributed by atoms with van der Waals surface area (Å²) in [6.07, 6.45) is 4.28. The fourth-order valence-electron chi connectivity index (χ4n) is 7.22. The zero-order valence-electron chi connectivity index (χ0n) is 29.9. The van der Waals surface area contributed by atoms with Gasteiger partial charge in [0, 0.05) is 54.9 Å². The minimum atomic E-state index is -0.986. The van der Waals surface area contributed by atoms with E-state index in [1.54, 1.807) is 17.9 Å². The minimum absolute atomic E-state index is 0.110. The van der Waals surface area contributed by atoms with Gasteiger partial charge in [-0.25, -0.2) is 28.3 Å². The van der Waals surface area contributed by atoms with E-state index < -0.39 is 35.4 Å². The van der Waals surface area contributed by atoms with Crippen LogP contribution in [0.2, 0.25) is 0 Å². The predicted molar refractivity (Wildman–Crippen MR) is 195 cm³/mol. The van der Waals surface area contributed by atoms with Crippen LogP contribution in [0, 0.1) is 17.6 Å². The van der Waals surface area contributed by atoms with Gasteiger partial charge < -0.3 is 29.7 Å². The van der Waals surface area contributed by atoms with Gasteiger partial charge in [-0.2, -0.15) is 5.10 Å². The van der Waals surface area contributed by atoms with Gasteiger partial charge in [-0.15, -0.1) is 0 Å². The van der Waals surface area contributed by atoms with E-state index in [2.05, 4.69) is 42.8 Å². The van der Waals surface area contributed by atoms with Crippen molar-refractivity contribution in [3.05, 3.63) is 96.6 Å². The maximum atomic E-state index is 14.9. The topological polar surface area (TPSA) is 137 Å². The Morgan fingerprint density at radius 2 is 1.75 bits per heavy atom. The molecule has 0 spiro atoms. The lowest BCUT2D eigenvalue weighted by atomic mass is 9.85. The van der Waals surface area contributed by atoms with E-state index in [9.17, 15) is 23.5 Å². The van der Waals surface area contributed by atoms with Crippen LogP contribution in [0.15, 0.2) is 79.4 Å². The number of nitrogens with zero attached hydrogens (tertiary/aromatic N) is 6. The fraction of sp³-hybridized carbons (Fsp3) is 0.421.